The van der Waals surface area contributed by atoms with E-state index in [9.17, 15) is 13.2 Å². The largest absolute Gasteiger partial charge is 0.379 e. The van der Waals surface area contributed by atoms with E-state index in [4.69, 9.17) is 4.74 Å². The zero-order valence-corrected chi connectivity index (χ0v) is 19.7. The smallest absolute Gasteiger partial charge is 0.254 e. The van der Waals surface area contributed by atoms with Crippen molar-refractivity contribution < 1.29 is 17.9 Å². The normalized spacial score (nSPS) is 16.2. The molecule has 1 aliphatic heterocycles. The fourth-order valence-corrected chi connectivity index (χ4v) is 5.71. The number of ether oxygens (including phenoxy) is 1. The number of sulfonamides is 1. The molecule has 0 radical (unpaired) electrons. The Morgan fingerprint density at radius 3 is 2.47 bits per heavy atom. The second kappa shape index (κ2) is 10.0. The van der Waals surface area contributed by atoms with E-state index in [-0.39, 0.29) is 16.8 Å². The van der Waals surface area contributed by atoms with Gasteiger partial charge in [-0.25, -0.2) is 8.42 Å². The van der Waals surface area contributed by atoms with Crippen LogP contribution in [-0.4, -0.2) is 55.9 Å². The molecular formula is C22H27BrN2O4S. The number of carbonyl (C=O) groups is 1. The fourth-order valence-electron chi connectivity index (χ4n) is 3.35. The van der Waals surface area contributed by atoms with Crippen molar-refractivity contribution in [3.05, 3.63) is 64.1 Å². The summed E-state index contributed by atoms with van der Waals surface area (Å²) < 4.78 is 33.4. The molecule has 0 bridgehead atoms. The van der Waals surface area contributed by atoms with Crippen LogP contribution in [0.4, 0.5) is 0 Å². The van der Waals surface area contributed by atoms with Gasteiger partial charge in [0.25, 0.3) is 5.91 Å². The predicted octanol–water partition coefficient (Wildman–Crippen LogP) is 3.91. The average Bonchev–Trinajstić information content (AvgIpc) is 2.78. The van der Waals surface area contributed by atoms with Crippen LogP contribution in [0.2, 0.25) is 0 Å². The molecule has 0 N–H and O–H groups in total. The van der Waals surface area contributed by atoms with Crippen molar-refractivity contribution in [1.82, 2.24) is 9.21 Å². The first-order chi connectivity index (χ1) is 14.3. The molecule has 1 aliphatic rings. The summed E-state index contributed by atoms with van der Waals surface area (Å²) >= 11 is 3.35. The molecule has 1 heterocycles. The fraction of sp³-hybridized carbons (Fsp3) is 0.409. The molecule has 1 atom stereocenters. The second-order valence-electron chi connectivity index (χ2n) is 7.34. The van der Waals surface area contributed by atoms with Gasteiger partial charge in [0.05, 0.1) is 18.1 Å². The summed E-state index contributed by atoms with van der Waals surface area (Å²) in [6.45, 7) is 5.86. The number of morpholine rings is 1. The van der Waals surface area contributed by atoms with E-state index in [1.54, 1.807) is 17.0 Å². The number of carbonyl (C=O) groups excluding carboxylic acids is 1. The summed E-state index contributed by atoms with van der Waals surface area (Å²) in [7, 11) is -3.72. The Hall–Kier alpha value is -1.74. The number of halogens is 1. The Labute approximate surface area is 187 Å². The Kier molecular flexibility index (Phi) is 7.68. The Morgan fingerprint density at radius 1 is 1.17 bits per heavy atom. The molecule has 0 spiro atoms. The van der Waals surface area contributed by atoms with Crippen LogP contribution >= 0.6 is 15.9 Å². The number of nitrogens with zero attached hydrogens (tertiary/aromatic N) is 2. The van der Waals surface area contributed by atoms with Crippen molar-refractivity contribution in [2.24, 2.45) is 0 Å². The lowest BCUT2D eigenvalue weighted by atomic mass is 10.1. The maximum Gasteiger partial charge on any atom is 0.254 e. The lowest BCUT2D eigenvalue weighted by Gasteiger charge is -2.30. The lowest BCUT2D eigenvalue weighted by Crippen LogP contribution is -2.41. The predicted molar refractivity (Wildman–Crippen MR) is 120 cm³/mol. The van der Waals surface area contributed by atoms with Gasteiger partial charge in [-0.1, -0.05) is 37.3 Å². The number of hydrogen-bond donors (Lipinski definition) is 0. The standard InChI is InChI=1S/C22H27BrN2O4S/c1-3-17(2)25(16-18-7-5-4-6-8-18)22(26)19-9-10-20(23)21(15-19)30(27,28)24-11-13-29-14-12-24/h4-10,15,17H,3,11-14,16H2,1-2H3. The molecule has 30 heavy (non-hydrogen) atoms. The Morgan fingerprint density at radius 2 is 1.83 bits per heavy atom. The SMILES string of the molecule is CCC(C)N(Cc1ccccc1)C(=O)c1ccc(Br)c(S(=O)(=O)N2CCOCC2)c1. The summed E-state index contributed by atoms with van der Waals surface area (Å²) in [5.41, 5.74) is 1.39. The molecule has 0 aliphatic carbocycles. The molecular weight excluding hydrogens is 468 g/mol. The van der Waals surface area contributed by atoms with Crippen molar-refractivity contribution in [1.29, 1.82) is 0 Å². The van der Waals surface area contributed by atoms with Crippen molar-refractivity contribution >= 4 is 31.9 Å². The van der Waals surface area contributed by atoms with E-state index in [2.05, 4.69) is 15.9 Å². The highest BCUT2D eigenvalue weighted by Crippen LogP contribution is 2.28. The molecule has 1 saturated heterocycles. The lowest BCUT2D eigenvalue weighted by molar-refractivity contribution is 0.0671. The quantitative estimate of drug-likeness (QED) is 0.584. The van der Waals surface area contributed by atoms with Gasteiger partial charge in [-0.05, 0) is 53.0 Å². The van der Waals surface area contributed by atoms with Crippen LogP contribution in [0.3, 0.4) is 0 Å². The maximum atomic E-state index is 13.4. The minimum atomic E-state index is -3.72. The zero-order valence-electron chi connectivity index (χ0n) is 17.3. The highest BCUT2D eigenvalue weighted by atomic mass is 79.9. The van der Waals surface area contributed by atoms with Gasteiger partial charge in [-0.15, -0.1) is 0 Å². The molecule has 1 unspecified atom stereocenters. The molecule has 2 aromatic carbocycles. The molecule has 6 nitrogen and oxygen atoms in total. The third-order valence-corrected chi connectivity index (χ3v) is 8.24. The minimum Gasteiger partial charge on any atom is -0.379 e. The Bertz CT molecular complexity index is 976. The number of hydrogen-bond acceptors (Lipinski definition) is 4. The van der Waals surface area contributed by atoms with Crippen LogP contribution in [-0.2, 0) is 21.3 Å². The summed E-state index contributed by atoms with van der Waals surface area (Å²) in [4.78, 5) is 15.3. The molecule has 1 amide bonds. The molecule has 0 aromatic heterocycles. The van der Waals surface area contributed by atoms with E-state index in [1.807, 2.05) is 44.2 Å². The van der Waals surface area contributed by atoms with E-state index in [0.29, 0.717) is 42.9 Å². The second-order valence-corrected chi connectivity index (χ2v) is 10.1. The summed E-state index contributed by atoms with van der Waals surface area (Å²) in [5, 5.41) is 0. The summed E-state index contributed by atoms with van der Waals surface area (Å²) in [6.07, 6.45) is 0.800. The summed E-state index contributed by atoms with van der Waals surface area (Å²) in [5.74, 6) is -0.181. The number of rotatable bonds is 7. The van der Waals surface area contributed by atoms with E-state index in [1.165, 1.54) is 10.4 Å². The van der Waals surface area contributed by atoms with Gasteiger partial charge in [0.15, 0.2) is 0 Å². The van der Waals surface area contributed by atoms with E-state index in [0.717, 1.165) is 12.0 Å². The van der Waals surface area contributed by atoms with Crippen LogP contribution in [0.1, 0.15) is 36.2 Å². The minimum absolute atomic E-state index is 0.0145. The first kappa shape index (κ1) is 22.9. The molecule has 2 aromatic rings. The van der Waals surface area contributed by atoms with E-state index < -0.39 is 10.0 Å². The zero-order chi connectivity index (χ0) is 21.7. The molecule has 3 rings (SSSR count). The van der Waals surface area contributed by atoms with Gasteiger partial charge in [0.2, 0.25) is 10.0 Å². The van der Waals surface area contributed by atoms with Crippen molar-refractivity contribution in [2.75, 3.05) is 26.3 Å². The van der Waals surface area contributed by atoms with Crippen LogP contribution in [0.5, 0.6) is 0 Å². The third-order valence-electron chi connectivity index (χ3n) is 5.35. The van der Waals surface area contributed by atoms with E-state index >= 15 is 0 Å². The van der Waals surface area contributed by atoms with Gasteiger partial charge in [0.1, 0.15) is 0 Å². The molecule has 162 valence electrons. The van der Waals surface area contributed by atoms with Crippen LogP contribution in [0.15, 0.2) is 57.9 Å². The van der Waals surface area contributed by atoms with Crippen LogP contribution in [0.25, 0.3) is 0 Å². The average molecular weight is 495 g/mol. The molecule has 0 saturated carbocycles. The highest BCUT2D eigenvalue weighted by molar-refractivity contribution is 9.10. The van der Waals surface area contributed by atoms with Gasteiger partial charge >= 0.3 is 0 Å². The van der Waals surface area contributed by atoms with Crippen molar-refractivity contribution in [3.63, 3.8) is 0 Å². The van der Waals surface area contributed by atoms with Crippen LogP contribution in [0, 0.1) is 0 Å². The topological polar surface area (TPSA) is 66.9 Å². The third kappa shape index (κ3) is 5.11. The number of benzene rings is 2. The number of amides is 1. The van der Waals surface area contributed by atoms with Crippen molar-refractivity contribution in [3.8, 4) is 0 Å². The van der Waals surface area contributed by atoms with Gasteiger partial charge in [0, 0.05) is 35.7 Å². The van der Waals surface area contributed by atoms with Crippen LogP contribution < -0.4 is 0 Å². The van der Waals surface area contributed by atoms with Crippen molar-refractivity contribution in [2.45, 2.75) is 37.8 Å². The monoisotopic (exact) mass is 494 g/mol. The first-order valence-corrected chi connectivity index (χ1v) is 12.3. The highest BCUT2D eigenvalue weighted by Gasteiger charge is 2.30. The first-order valence-electron chi connectivity index (χ1n) is 10.1. The van der Waals surface area contributed by atoms with Gasteiger partial charge in [-0.3, -0.25) is 4.79 Å². The summed E-state index contributed by atoms with van der Waals surface area (Å²) in [6, 6.07) is 14.6. The van der Waals surface area contributed by atoms with Gasteiger partial charge < -0.3 is 9.64 Å². The molecule has 1 fully saturated rings. The van der Waals surface area contributed by atoms with Gasteiger partial charge in [-0.2, -0.15) is 4.31 Å². The molecule has 8 heteroatoms. The maximum absolute atomic E-state index is 13.4. The Balaban J connectivity index is 1.93.